The van der Waals surface area contributed by atoms with E-state index in [1.807, 2.05) is 33.8 Å². The topological polar surface area (TPSA) is 43.1 Å². The lowest BCUT2D eigenvalue weighted by Crippen LogP contribution is -2.15. The van der Waals surface area contributed by atoms with E-state index in [0.717, 1.165) is 11.1 Å². The number of nitrogens with zero attached hydrogens (tertiary/aromatic N) is 1. The van der Waals surface area contributed by atoms with Crippen molar-refractivity contribution in [2.75, 3.05) is 0 Å². The molecule has 1 aromatic rings. The van der Waals surface area contributed by atoms with Gasteiger partial charge in [-0.05, 0) is 17.9 Å². The zero-order valence-corrected chi connectivity index (χ0v) is 9.00. The Morgan fingerprint density at radius 1 is 1.29 bits per heavy atom. The molecule has 3 nitrogen and oxygen atoms in total. The summed E-state index contributed by atoms with van der Waals surface area (Å²) >= 11 is 0. The van der Waals surface area contributed by atoms with E-state index in [1.165, 1.54) is 0 Å². The zero-order chi connectivity index (χ0) is 10.9. The molecule has 0 unspecified atom stereocenters. The van der Waals surface area contributed by atoms with Crippen molar-refractivity contribution in [3.63, 3.8) is 0 Å². The van der Waals surface area contributed by atoms with Crippen molar-refractivity contribution in [2.45, 2.75) is 33.1 Å². The van der Waals surface area contributed by atoms with E-state index < -0.39 is 0 Å². The van der Waals surface area contributed by atoms with E-state index in [1.54, 1.807) is 12.1 Å². The van der Waals surface area contributed by atoms with Crippen LogP contribution >= 0.6 is 0 Å². The zero-order valence-electron chi connectivity index (χ0n) is 9.00. The molecule has 0 N–H and O–H groups in total. The maximum Gasteiger partial charge on any atom is 0.273 e. The number of hydrogen-bond donors (Lipinski definition) is 0. The number of aryl methyl sites for hydroxylation is 1. The van der Waals surface area contributed by atoms with Gasteiger partial charge < -0.3 is 0 Å². The number of nitro benzene ring substituents is 1. The molecule has 3 heteroatoms. The van der Waals surface area contributed by atoms with Crippen molar-refractivity contribution in [3.05, 3.63) is 39.4 Å². The van der Waals surface area contributed by atoms with E-state index in [0.29, 0.717) is 0 Å². The first-order valence-corrected chi connectivity index (χ1v) is 4.58. The highest BCUT2D eigenvalue weighted by Crippen LogP contribution is 2.33. The highest BCUT2D eigenvalue weighted by molar-refractivity contribution is 5.48. The van der Waals surface area contributed by atoms with Crippen LogP contribution in [0.15, 0.2) is 18.2 Å². The van der Waals surface area contributed by atoms with Crippen molar-refractivity contribution in [1.29, 1.82) is 0 Å². The fraction of sp³-hybridized carbons (Fsp3) is 0.455. The molecule has 0 heterocycles. The minimum absolute atomic E-state index is 0.187. The number of rotatable bonds is 1. The van der Waals surface area contributed by atoms with E-state index in [-0.39, 0.29) is 16.0 Å². The lowest BCUT2D eigenvalue weighted by Gasteiger charge is -2.20. The molecule has 0 spiro atoms. The van der Waals surface area contributed by atoms with Gasteiger partial charge in [0.05, 0.1) is 4.92 Å². The van der Waals surface area contributed by atoms with Crippen LogP contribution in [0.5, 0.6) is 0 Å². The lowest BCUT2D eigenvalue weighted by molar-refractivity contribution is -0.386. The summed E-state index contributed by atoms with van der Waals surface area (Å²) in [6.45, 7) is 7.88. The first-order chi connectivity index (χ1) is 6.34. The molecular weight excluding hydrogens is 178 g/mol. The molecule has 0 fully saturated rings. The van der Waals surface area contributed by atoms with E-state index in [2.05, 4.69) is 0 Å². The van der Waals surface area contributed by atoms with Gasteiger partial charge in [0.25, 0.3) is 5.69 Å². The summed E-state index contributed by atoms with van der Waals surface area (Å²) in [7, 11) is 0. The van der Waals surface area contributed by atoms with Crippen LogP contribution in [-0.2, 0) is 5.41 Å². The van der Waals surface area contributed by atoms with Crippen molar-refractivity contribution < 1.29 is 4.92 Å². The van der Waals surface area contributed by atoms with Crippen molar-refractivity contribution >= 4 is 5.69 Å². The Labute approximate surface area is 83.9 Å². The van der Waals surface area contributed by atoms with Crippen LogP contribution < -0.4 is 0 Å². The first-order valence-electron chi connectivity index (χ1n) is 4.58. The number of nitro groups is 1. The number of hydrogen-bond acceptors (Lipinski definition) is 2. The molecular formula is C11H15NO2. The highest BCUT2D eigenvalue weighted by atomic mass is 16.6. The van der Waals surface area contributed by atoms with Crippen molar-refractivity contribution in [1.82, 2.24) is 0 Å². The van der Waals surface area contributed by atoms with E-state index in [4.69, 9.17) is 0 Å². The van der Waals surface area contributed by atoms with Gasteiger partial charge in [-0.2, -0.15) is 0 Å². The molecule has 0 radical (unpaired) electrons. The van der Waals surface area contributed by atoms with Crippen LogP contribution in [0.25, 0.3) is 0 Å². The predicted molar refractivity (Wildman–Crippen MR) is 56.5 cm³/mol. The molecule has 1 rings (SSSR count). The third kappa shape index (κ3) is 1.92. The predicted octanol–water partition coefficient (Wildman–Crippen LogP) is 3.20. The minimum atomic E-state index is -0.312. The molecule has 0 aliphatic heterocycles. The van der Waals surface area contributed by atoms with Gasteiger partial charge in [-0.15, -0.1) is 0 Å². The smallest absolute Gasteiger partial charge is 0.258 e. The van der Waals surface area contributed by atoms with E-state index in [9.17, 15) is 10.1 Å². The van der Waals surface area contributed by atoms with Gasteiger partial charge in [0.15, 0.2) is 0 Å². The second-order valence-electron chi connectivity index (χ2n) is 4.48. The van der Waals surface area contributed by atoms with Crippen LogP contribution in [0.1, 0.15) is 31.9 Å². The van der Waals surface area contributed by atoms with Gasteiger partial charge in [0.2, 0.25) is 0 Å². The fourth-order valence-corrected chi connectivity index (χ4v) is 1.78. The number of benzene rings is 1. The minimum Gasteiger partial charge on any atom is -0.258 e. The van der Waals surface area contributed by atoms with Crippen LogP contribution in [0.4, 0.5) is 5.69 Å². The van der Waals surface area contributed by atoms with E-state index >= 15 is 0 Å². The Kier molecular flexibility index (Phi) is 2.60. The molecule has 0 aliphatic carbocycles. The quantitative estimate of drug-likeness (QED) is 0.507. The highest BCUT2D eigenvalue weighted by Gasteiger charge is 2.25. The molecule has 76 valence electrons. The van der Waals surface area contributed by atoms with Crippen LogP contribution in [0.3, 0.4) is 0 Å². The molecule has 0 bridgehead atoms. The Hall–Kier alpha value is -1.38. The van der Waals surface area contributed by atoms with Gasteiger partial charge >= 0.3 is 0 Å². The Morgan fingerprint density at radius 2 is 1.86 bits per heavy atom. The summed E-state index contributed by atoms with van der Waals surface area (Å²) < 4.78 is 0. The van der Waals surface area contributed by atoms with Gasteiger partial charge in [-0.3, -0.25) is 10.1 Å². The van der Waals surface area contributed by atoms with Gasteiger partial charge in [0, 0.05) is 11.6 Å². The molecule has 0 aromatic heterocycles. The summed E-state index contributed by atoms with van der Waals surface area (Å²) in [6, 6.07) is 5.20. The summed E-state index contributed by atoms with van der Waals surface area (Å²) in [4.78, 5) is 10.5. The molecule has 1 aromatic carbocycles. The molecule has 0 atom stereocenters. The second-order valence-corrected chi connectivity index (χ2v) is 4.48. The molecule has 0 aliphatic rings. The monoisotopic (exact) mass is 193 g/mol. The van der Waals surface area contributed by atoms with Gasteiger partial charge in [-0.1, -0.05) is 32.9 Å². The van der Waals surface area contributed by atoms with Crippen LogP contribution in [0.2, 0.25) is 0 Å². The largest absolute Gasteiger partial charge is 0.273 e. The normalized spacial score (nSPS) is 11.4. The van der Waals surface area contributed by atoms with Crippen LogP contribution in [-0.4, -0.2) is 4.92 Å². The fourth-order valence-electron chi connectivity index (χ4n) is 1.78. The second kappa shape index (κ2) is 3.40. The molecule has 0 saturated carbocycles. The summed E-state index contributed by atoms with van der Waals surface area (Å²) in [5.41, 5.74) is 1.84. The van der Waals surface area contributed by atoms with Crippen molar-refractivity contribution in [2.24, 2.45) is 0 Å². The van der Waals surface area contributed by atoms with Gasteiger partial charge in [-0.25, -0.2) is 0 Å². The average Bonchev–Trinajstić information content (AvgIpc) is 2.01. The molecule has 0 saturated heterocycles. The standard InChI is InChI=1S/C11H15NO2/c1-8-6-5-7-9(12(13)14)10(8)11(2,3)4/h5-7H,1-4H3. The third-order valence-corrected chi connectivity index (χ3v) is 2.20. The Morgan fingerprint density at radius 3 is 2.21 bits per heavy atom. The lowest BCUT2D eigenvalue weighted by atomic mass is 9.83. The molecule has 0 amide bonds. The SMILES string of the molecule is Cc1cccc([N+](=O)[O-])c1C(C)(C)C. The molecule has 14 heavy (non-hydrogen) atoms. The Balaban J connectivity index is 3.45. The third-order valence-electron chi connectivity index (χ3n) is 2.20. The summed E-state index contributed by atoms with van der Waals surface area (Å²) in [5, 5.41) is 10.8. The summed E-state index contributed by atoms with van der Waals surface area (Å²) in [6.07, 6.45) is 0. The van der Waals surface area contributed by atoms with Crippen molar-refractivity contribution in [3.8, 4) is 0 Å². The maximum absolute atomic E-state index is 10.8. The first kappa shape index (κ1) is 10.7. The van der Waals surface area contributed by atoms with Crippen LogP contribution in [0, 0.1) is 17.0 Å². The average molecular weight is 193 g/mol. The summed E-state index contributed by atoms with van der Waals surface area (Å²) in [5.74, 6) is 0. The van der Waals surface area contributed by atoms with Gasteiger partial charge in [0.1, 0.15) is 0 Å². The Bertz CT molecular complexity index is 364. The maximum atomic E-state index is 10.8.